The minimum absolute atomic E-state index is 0.258. The summed E-state index contributed by atoms with van der Waals surface area (Å²) in [4.78, 5) is 29.1. The van der Waals surface area contributed by atoms with Crippen LogP contribution in [-0.2, 0) is 4.79 Å². The molecule has 0 saturated heterocycles. The average molecular weight is 512 g/mol. The number of aryl methyl sites for hydroxylation is 1. The fourth-order valence-electron chi connectivity index (χ4n) is 2.99. The Bertz CT molecular complexity index is 1460. The highest BCUT2D eigenvalue weighted by atomic mass is 79.9. The molecule has 0 amide bonds. The lowest BCUT2D eigenvalue weighted by Crippen LogP contribution is -2.23. The van der Waals surface area contributed by atoms with Crippen LogP contribution in [0.1, 0.15) is 29.4 Å². The van der Waals surface area contributed by atoms with Crippen LogP contribution >= 0.6 is 27.3 Å². The van der Waals surface area contributed by atoms with Gasteiger partial charge in [0.25, 0.3) is 5.56 Å². The second-order valence-corrected chi connectivity index (χ2v) is 8.82. The molecule has 0 fully saturated rings. The summed E-state index contributed by atoms with van der Waals surface area (Å²) < 4.78 is 12.8. The summed E-state index contributed by atoms with van der Waals surface area (Å²) in [6, 6.07) is 11.5. The van der Waals surface area contributed by atoms with Crippen molar-refractivity contribution in [1.29, 1.82) is 0 Å². The highest BCUT2D eigenvalue weighted by Gasteiger charge is 2.14. The lowest BCUT2D eigenvalue weighted by molar-refractivity contribution is -0.132. The Balaban J connectivity index is 1.67. The van der Waals surface area contributed by atoms with Gasteiger partial charge in [-0.15, -0.1) is 5.10 Å². The van der Waals surface area contributed by atoms with Crippen molar-refractivity contribution in [2.75, 3.05) is 7.11 Å². The van der Waals surface area contributed by atoms with Crippen LogP contribution in [0.25, 0.3) is 23.2 Å². The molecule has 0 bridgehead atoms. The first-order valence-corrected chi connectivity index (χ1v) is 11.2. The number of hydrogen-bond acceptors (Lipinski definition) is 7. The summed E-state index contributed by atoms with van der Waals surface area (Å²) in [6.45, 7) is 3.35. The summed E-state index contributed by atoms with van der Waals surface area (Å²) in [5, 5.41) is 4.31. The minimum atomic E-state index is -0.458. The van der Waals surface area contributed by atoms with Crippen LogP contribution in [0.2, 0.25) is 0 Å². The number of fused-ring (bicyclic) bond motifs is 1. The Morgan fingerprint density at radius 2 is 1.91 bits per heavy atom. The van der Waals surface area contributed by atoms with Crippen LogP contribution in [0.3, 0.4) is 0 Å². The maximum atomic E-state index is 12.8. The number of benzene rings is 2. The predicted octanol–water partition coefficient (Wildman–Crippen LogP) is 3.87. The molecule has 32 heavy (non-hydrogen) atoms. The van der Waals surface area contributed by atoms with Crippen molar-refractivity contribution in [3.63, 3.8) is 0 Å². The first kappa shape index (κ1) is 21.9. The fraction of sp³-hybridized carbons (Fsp3) is 0.130. The van der Waals surface area contributed by atoms with Crippen molar-refractivity contribution in [2.45, 2.75) is 13.8 Å². The van der Waals surface area contributed by atoms with Crippen LogP contribution in [0, 0.1) is 6.92 Å². The van der Waals surface area contributed by atoms with Gasteiger partial charge in [-0.1, -0.05) is 47.2 Å². The van der Waals surface area contributed by atoms with Gasteiger partial charge in [-0.25, -0.2) is 0 Å². The standard InChI is InChI=1S/C23H18BrN3O4S/c1-13-4-6-15(7-5-13)8-9-20-25-23-27(26-20)22(29)19(32-23)12-16-10-17(24)21(31-14(2)28)18(11-16)30-3/h4-12H,1-3H3/b9-8+,19-12+. The van der Waals surface area contributed by atoms with E-state index in [0.717, 1.165) is 5.56 Å². The number of esters is 1. The van der Waals surface area contributed by atoms with Crippen molar-refractivity contribution >= 4 is 56.4 Å². The highest BCUT2D eigenvalue weighted by Crippen LogP contribution is 2.37. The van der Waals surface area contributed by atoms with Gasteiger partial charge in [-0.2, -0.15) is 9.50 Å². The molecular formula is C23H18BrN3O4S. The number of nitrogens with zero attached hydrogens (tertiary/aromatic N) is 3. The zero-order valence-electron chi connectivity index (χ0n) is 17.5. The molecule has 0 aliphatic heterocycles. The van der Waals surface area contributed by atoms with E-state index in [1.54, 1.807) is 24.3 Å². The van der Waals surface area contributed by atoms with Gasteiger partial charge in [0.15, 0.2) is 17.3 Å². The third-order valence-corrected chi connectivity index (χ3v) is 6.04. The van der Waals surface area contributed by atoms with E-state index in [1.165, 1.54) is 35.4 Å². The van der Waals surface area contributed by atoms with E-state index in [-0.39, 0.29) is 11.3 Å². The Hall–Kier alpha value is -3.30. The fourth-order valence-corrected chi connectivity index (χ4v) is 4.44. The molecule has 2 aromatic heterocycles. The van der Waals surface area contributed by atoms with Crippen molar-refractivity contribution in [3.05, 3.63) is 78.3 Å². The average Bonchev–Trinajstić information content (AvgIpc) is 3.28. The molecule has 0 unspecified atom stereocenters. The normalized spacial score (nSPS) is 12.1. The minimum Gasteiger partial charge on any atom is -0.493 e. The Kier molecular flexibility index (Phi) is 6.20. The van der Waals surface area contributed by atoms with E-state index in [4.69, 9.17) is 9.47 Å². The SMILES string of the molecule is COc1cc(/C=c2/sc3nc(/C=C/c4ccc(C)cc4)nn3c2=O)cc(Br)c1OC(C)=O. The summed E-state index contributed by atoms with van der Waals surface area (Å²) in [6.07, 6.45) is 5.41. The van der Waals surface area contributed by atoms with E-state index in [9.17, 15) is 9.59 Å². The van der Waals surface area contributed by atoms with E-state index < -0.39 is 5.97 Å². The van der Waals surface area contributed by atoms with Crippen molar-refractivity contribution in [3.8, 4) is 11.5 Å². The van der Waals surface area contributed by atoms with Crippen molar-refractivity contribution in [2.24, 2.45) is 0 Å². The van der Waals surface area contributed by atoms with E-state index in [0.29, 0.717) is 31.1 Å². The van der Waals surface area contributed by atoms with Gasteiger partial charge in [0.2, 0.25) is 4.96 Å². The van der Waals surface area contributed by atoms with Crippen LogP contribution < -0.4 is 19.6 Å². The molecule has 0 N–H and O–H groups in total. The molecule has 2 heterocycles. The number of hydrogen-bond donors (Lipinski definition) is 0. The van der Waals surface area contributed by atoms with Crippen LogP contribution in [0.4, 0.5) is 0 Å². The maximum Gasteiger partial charge on any atom is 0.308 e. The van der Waals surface area contributed by atoms with E-state index >= 15 is 0 Å². The van der Waals surface area contributed by atoms with Gasteiger partial charge in [0, 0.05) is 6.92 Å². The van der Waals surface area contributed by atoms with Crippen molar-refractivity contribution in [1.82, 2.24) is 14.6 Å². The van der Waals surface area contributed by atoms with Gasteiger partial charge in [-0.05, 0) is 58.3 Å². The third kappa shape index (κ3) is 4.63. The molecule has 162 valence electrons. The summed E-state index contributed by atoms with van der Waals surface area (Å²) in [5.41, 5.74) is 2.66. The maximum absolute atomic E-state index is 12.8. The molecule has 0 radical (unpaired) electrons. The topological polar surface area (TPSA) is 82.8 Å². The zero-order valence-corrected chi connectivity index (χ0v) is 19.9. The van der Waals surface area contributed by atoms with Gasteiger partial charge in [-0.3, -0.25) is 9.59 Å². The van der Waals surface area contributed by atoms with Crippen LogP contribution in [0.15, 0.2) is 45.7 Å². The smallest absolute Gasteiger partial charge is 0.308 e. The number of rotatable bonds is 5. The van der Waals surface area contributed by atoms with Gasteiger partial charge in [0.05, 0.1) is 16.1 Å². The molecular weight excluding hydrogens is 494 g/mol. The Labute approximate surface area is 195 Å². The number of aromatic nitrogens is 3. The third-order valence-electron chi connectivity index (χ3n) is 4.50. The Morgan fingerprint density at radius 1 is 1.16 bits per heavy atom. The molecule has 0 spiro atoms. The first-order chi connectivity index (χ1) is 15.3. The second-order valence-electron chi connectivity index (χ2n) is 6.95. The zero-order chi connectivity index (χ0) is 22.8. The van der Waals surface area contributed by atoms with Crippen LogP contribution in [0.5, 0.6) is 11.5 Å². The molecule has 9 heteroatoms. The second kappa shape index (κ2) is 9.05. The molecule has 0 aliphatic rings. The molecule has 2 aromatic carbocycles. The number of carbonyl (C=O) groups excluding carboxylic acids is 1. The Morgan fingerprint density at radius 3 is 2.56 bits per heavy atom. The van der Waals surface area contributed by atoms with Gasteiger partial charge < -0.3 is 9.47 Å². The van der Waals surface area contributed by atoms with Crippen molar-refractivity contribution < 1.29 is 14.3 Å². The number of ether oxygens (including phenoxy) is 2. The molecule has 0 atom stereocenters. The summed E-state index contributed by atoms with van der Waals surface area (Å²) >= 11 is 4.63. The summed E-state index contributed by atoms with van der Waals surface area (Å²) in [7, 11) is 1.48. The molecule has 4 aromatic rings. The number of carbonyl (C=O) groups is 1. The molecule has 7 nitrogen and oxygen atoms in total. The first-order valence-electron chi connectivity index (χ1n) is 9.56. The van der Waals surface area contributed by atoms with E-state index in [2.05, 4.69) is 26.0 Å². The largest absolute Gasteiger partial charge is 0.493 e. The highest BCUT2D eigenvalue weighted by molar-refractivity contribution is 9.10. The number of methoxy groups -OCH3 is 1. The van der Waals surface area contributed by atoms with Gasteiger partial charge in [0.1, 0.15) is 0 Å². The number of halogens is 1. The lowest BCUT2D eigenvalue weighted by atomic mass is 10.1. The molecule has 0 aliphatic carbocycles. The summed E-state index contributed by atoms with van der Waals surface area (Å²) in [5.74, 6) is 0.666. The lowest BCUT2D eigenvalue weighted by Gasteiger charge is -2.10. The van der Waals surface area contributed by atoms with Gasteiger partial charge >= 0.3 is 5.97 Å². The molecule has 4 rings (SSSR count). The number of thiazole rings is 1. The quantitative estimate of drug-likeness (QED) is 0.298. The molecule has 0 saturated carbocycles. The monoisotopic (exact) mass is 511 g/mol. The van der Waals surface area contributed by atoms with Crippen LogP contribution in [-0.4, -0.2) is 27.7 Å². The van der Waals surface area contributed by atoms with E-state index in [1.807, 2.05) is 37.3 Å². The predicted molar refractivity (Wildman–Crippen MR) is 128 cm³/mol.